The summed E-state index contributed by atoms with van der Waals surface area (Å²) in [4.78, 5) is 26.2. The van der Waals surface area contributed by atoms with Crippen LogP contribution in [0.2, 0.25) is 5.02 Å². The maximum atomic E-state index is 11.9. The molecule has 0 unspecified atom stereocenters. The summed E-state index contributed by atoms with van der Waals surface area (Å²) in [5.41, 5.74) is 3.66. The Bertz CT molecular complexity index is 981. The van der Waals surface area contributed by atoms with Crippen LogP contribution in [0.3, 0.4) is 0 Å². The fraction of sp³-hybridized carbons (Fsp3) is 0.391. The molecule has 3 amide bonds. The van der Waals surface area contributed by atoms with E-state index in [0.717, 1.165) is 37.3 Å². The van der Waals surface area contributed by atoms with E-state index < -0.39 is 0 Å². The molecule has 1 fully saturated rings. The van der Waals surface area contributed by atoms with E-state index in [1.165, 1.54) is 20.9 Å². The molecule has 164 valence electrons. The van der Waals surface area contributed by atoms with Crippen molar-refractivity contribution in [2.24, 2.45) is 0 Å². The molecule has 31 heavy (non-hydrogen) atoms. The van der Waals surface area contributed by atoms with Gasteiger partial charge in [0, 0.05) is 20.0 Å². The number of carbonyl (C=O) groups is 2. The third-order valence-electron chi connectivity index (χ3n) is 5.47. The van der Waals surface area contributed by atoms with Gasteiger partial charge in [0.1, 0.15) is 24.7 Å². The van der Waals surface area contributed by atoms with Gasteiger partial charge in [0.15, 0.2) is 0 Å². The number of amides is 3. The highest BCUT2D eigenvalue weighted by Crippen LogP contribution is 2.27. The third kappa shape index (κ3) is 5.11. The summed E-state index contributed by atoms with van der Waals surface area (Å²) in [5.74, 6) is 1.34. The molecule has 4 rings (SSSR count). The van der Waals surface area contributed by atoms with Gasteiger partial charge in [-0.05, 0) is 47.9 Å². The highest BCUT2D eigenvalue weighted by atomic mass is 35.5. The summed E-state index contributed by atoms with van der Waals surface area (Å²) in [6.45, 7) is 2.87. The predicted molar refractivity (Wildman–Crippen MR) is 118 cm³/mol. The van der Waals surface area contributed by atoms with Crippen molar-refractivity contribution in [2.75, 3.05) is 39.9 Å². The van der Waals surface area contributed by atoms with E-state index in [1.54, 1.807) is 7.05 Å². The average molecular weight is 444 g/mol. The first-order chi connectivity index (χ1) is 15.0. The lowest BCUT2D eigenvalue weighted by Crippen LogP contribution is -2.35. The monoisotopic (exact) mass is 443 g/mol. The Balaban J connectivity index is 1.20. The molecule has 7 nitrogen and oxygen atoms in total. The van der Waals surface area contributed by atoms with Crippen molar-refractivity contribution in [1.82, 2.24) is 15.1 Å². The number of ether oxygens (including phenoxy) is 2. The molecular formula is C23H26ClN3O4. The zero-order chi connectivity index (χ0) is 21.8. The molecule has 1 saturated heterocycles. The van der Waals surface area contributed by atoms with E-state index in [9.17, 15) is 9.59 Å². The average Bonchev–Trinajstić information content (AvgIpc) is 3.31. The first-order valence-electron chi connectivity index (χ1n) is 10.4. The summed E-state index contributed by atoms with van der Waals surface area (Å²) in [6.07, 6.45) is 1.94. The van der Waals surface area contributed by atoms with Crippen LogP contribution >= 0.6 is 11.6 Å². The maximum absolute atomic E-state index is 11.9. The number of rotatable bonds is 9. The largest absolute Gasteiger partial charge is 0.493 e. The van der Waals surface area contributed by atoms with E-state index in [0.29, 0.717) is 17.3 Å². The zero-order valence-corrected chi connectivity index (χ0v) is 18.3. The van der Waals surface area contributed by atoms with Crippen LogP contribution in [0.25, 0.3) is 0 Å². The molecule has 0 aromatic heterocycles. The number of nitrogens with one attached hydrogen (secondary N) is 1. The topological polar surface area (TPSA) is 71.1 Å². The number of fused-ring (bicyclic) bond motifs is 1. The van der Waals surface area contributed by atoms with Crippen molar-refractivity contribution < 1.29 is 19.1 Å². The lowest BCUT2D eigenvalue weighted by Gasteiger charge is -2.15. The number of urea groups is 1. The van der Waals surface area contributed by atoms with E-state index in [1.807, 2.05) is 18.2 Å². The number of hydrogen-bond acceptors (Lipinski definition) is 5. The van der Waals surface area contributed by atoms with Crippen LogP contribution in [0, 0.1) is 0 Å². The molecule has 0 bridgehead atoms. The molecule has 2 aromatic carbocycles. The van der Waals surface area contributed by atoms with Crippen LogP contribution in [0.1, 0.15) is 16.7 Å². The quantitative estimate of drug-likeness (QED) is 0.476. The van der Waals surface area contributed by atoms with Crippen LogP contribution in [0.4, 0.5) is 4.79 Å². The van der Waals surface area contributed by atoms with Crippen LogP contribution in [-0.2, 0) is 24.2 Å². The van der Waals surface area contributed by atoms with Gasteiger partial charge in [-0.1, -0.05) is 29.8 Å². The molecule has 2 aliphatic rings. The van der Waals surface area contributed by atoms with Gasteiger partial charge in [0.25, 0.3) is 0 Å². The zero-order valence-electron chi connectivity index (χ0n) is 17.5. The van der Waals surface area contributed by atoms with Crippen molar-refractivity contribution in [3.8, 4) is 11.5 Å². The van der Waals surface area contributed by atoms with Crippen LogP contribution in [0.5, 0.6) is 11.5 Å². The molecule has 0 radical (unpaired) electrons. The Morgan fingerprint density at radius 2 is 2.00 bits per heavy atom. The Morgan fingerprint density at radius 3 is 2.77 bits per heavy atom. The maximum Gasteiger partial charge on any atom is 0.327 e. The Hall–Kier alpha value is -2.77. The minimum Gasteiger partial charge on any atom is -0.493 e. The molecule has 0 spiro atoms. The number of likely N-dealkylation sites (N-methyl/N-ethyl adjacent to an activating group) is 1. The van der Waals surface area contributed by atoms with Gasteiger partial charge < -0.3 is 19.7 Å². The number of halogens is 1. The normalized spacial score (nSPS) is 15.4. The van der Waals surface area contributed by atoms with Gasteiger partial charge in [0.2, 0.25) is 5.91 Å². The predicted octanol–water partition coefficient (Wildman–Crippen LogP) is 2.88. The van der Waals surface area contributed by atoms with E-state index in [2.05, 4.69) is 23.5 Å². The molecular weight excluding hydrogens is 418 g/mol. The smallest absolute Gasteiger partial charge is 0.327 e. The summed E-state index contributed by atoms with van der Waals surface area (Å²) in [5, 5.41) is 3.95. The van der Waals surface area contributed by atoms with Crippen LogP contribution < -0.4 is 14.8 Å². The summed E-state index contributed by atoms with van der Waals surface area (Å²) in [6, 6.07) is 11.8. The van der Waals surface area contributed by atoms with Gasteiger partial charge in [-0.25, -0.2) is 4.79 Å². The van der Waals surface area contributed by atoms with Crippen molar-refractivity contribution in [2.45, 2.75) is 19.4 Å². The van der Waals surface area contributed by atoms with E-state index >= 15 is 0 Å². The van der Waals surface area contributed by atoms with E-state index in [4.69, 9.17) is 21.1 Å². The standard InChI is InChI=1S/C23H26ClN3O4/c1-26-15-22(28)27(23(26)29)9-11-31-21-5-3-17(13-19(21)24)14-25-8-6-16-2-4-20-18(12-16)7-10-30-20/h2-5,12-13,25H,6-11,14-15H2,1H3. The summed E-state index contributed by atoms with van der Waals surface area (Å²) in [7, 11) is 1.60. The van der Waals surface area contributed by atoms with Crippen molar-refractivity contribution in [1.29, 1.82) is 0 Å². The van der Waals surface area contributed by atoms with Crippen molar-refractivity contribution in [3.63, 3.8) is 0 Å². The highest BCUT2D eigenvalue weighted by molar-refractivity contribution is 6.32. The Kier molecular flexibility index (Phi) is 6.63. The minimum atomic E-state index is -0.297. The van der Waals surface area contributed by atoms with Gasteiger partial charge >= 0.3 is 6.03 Å². The molecule has 8 heteroatoms. The van der Waals surface area contributed by atoms with E-state index in [-0.39, 0.29) is 31.6 Å². The first kappa shape index (κ1) is 21.5. The lowest BCUT2D eigenvalue weighted by atomic mass is 10.1. The second kappa shape index (κ2) is 9.58. The molecule has 2 heterocycles. The number of imide groups is 1. The van der Waals surface area contributed by atoms with Crippen molar-refractivity contribution in [3.05, 3.63) is 58.1 Å². The number of carbonyl (C=O) groups excluding carboxylic acids is 2. The molecule has 2 aliphatic heterocycles. The Morgan fingerprint density at radius 1 is 1.16 bits per heavy atom. The molecule has 0 saturated carbocycles. The Labute approximate surface area is 186 Å². The first-order valence-corrected chi connectivity index (χ1v) is 10.8. The van der Waals surface area contributed by atoms with Gasteiger partial charge in [0.05, 0.1) is 18.2 Å². The third-order valence-corrected chi connectivity index (χ3v) is 5.77. The second-order valence-electron chi connectivity index (χ2n) is 7.76. The fourth-order valence-corrected chi connectivity index (χ4v) is 4.03. The van der Waals surface area contributed by atoms with Gasteiger partial charge in [-0.15, -0.1) is 0 Å². The van der Waals surface area contributed by atoms with Gasteiger partial charge in [-0.2, -0.15) is 0 Å². The van der Waals surface area contributed by atoms with Crippen molar-refractivity contribution >= 4 is 23.5 Å². The number of nitrogens with zero attached hydrogens (tertiary/aromatic N) is 2. The minimum absolute atomic E-state index is 0.113. The van der Waals surface area contributed by atoms with Gasteiger partial charge in [-0.3, -0.25) is 9.69 Å². The SMILES string of the molecule is CN1CC(=O)N(CCOc2ccc(CNCCc3ccc4c(c3)CCO4)cc2Cl)C1=O. The molecule has 0 atom stereocenters. The van der Waals surface area contributed by atoms with Crippen LogP contribution in [-0.4, -0.2) is 61.6 Å². The van der Waals surface area contributed by atoms with Crippen LogP contribution in [0.15, 0.2) is 36.4 Å². The lowest BCUT2D eigenvalue weighted by molar-refractivity contribution is -0.125. The molecule has 2 aromatic rings. The number of benzene rings is 2. The fourth-order valence-electron chi connectivity index (χ4n) is 3.77. The molecule has 0 aliphatic carbocycles. The number of hydrogen-bond donors (Lipinski definition) is 1. The summed E-state index contributed by atoms with van der Waals surface area (Å²) < 4.78 is 11.2. The molecule has 1 N–H and O–H groups in total. The summed E-state index contributed by atoms with van der Waals surface area (Å²) >= 11 is 6.35. The highest BCUT2D eigenvalue weighted by Gasteiger charge is 2.33. The second-order valence-corrected chi connectivity index (χ2v) is 8.17.